The van der Waals surface area contributed by atoms with Gasteiger partial charge in [-0.05, 0) is 60.7 Å². The molecule has 1 heterocycles. The Bertz CT molecular complexity index is 898. The quantitative estimate of drug-likeness (QED) is 0.664. The summed E-state index contributed by atoms with van der Waals surface area (Å²) < 4.78 is 21.2. The SMILES string of the molecule is CCOC(=O)CN1CCc2cc(OC)c(O)cc2C1Cc1ccc(OC)c(OC)c1. The van der Waals surface area contributed by atoms with Gasteiger partial charge in [-0.1, -0.05) is 6.07 Å². The normalized spacial score (nSPS) is 15.9. The zero-order valence-corrected chi connectivity index (χ0v) is 17.9. The van der Waals surface area contributed by atoms with Crippen molar-refractivity contribution in [1.82, 2.24) is 4.90 Å². The summed E-state index contributed by atoms with van der Waals surface area (Å²) >= 11 is 0. The zero-order chi connectivity index (χ0) is 21.7. The number of nitrogens with zero attached hydrogens (tertiary/aromatic N) is 1. The minimum Gasteiger partial charge on any atom is -0.504 e. The van der Waals surface area contributed by atoms with Crippen LogP contribution in [0.15, 0.2) is 30.3 Å². The van der Waals surface area contributed by atoms with E-state index in [0.29, 0.717) is 36.8 Å². The van der Waals surface area contributed by atoms with E-state index in [1.807, 2.05) is 24.3 Å². The number of methoxy groups -OCH3 is 3. The predicted molar refractivity (Wildman–Crippen MR) is 113 cm³/mol. The van der Waals surface area contributed by atoms with Gasteiger partial charge in [0.2, 0.25) is 0 Å². The topological polar surface area (TPSA) is 77.5 Å². The molecule has 1 aliphatic heterocycles. The van der Waals surface area contributed by atoms with Crippen LogP contribution in [0.2, 0.25) is 0 Å². The van der Waals surface area contributed by atoms with Gasteiger partial charge in [0.15, 0.2) is 23.0 Å². The Morgan fingerprint density at radius 1 is 1.07 bits per heavy atom. The molecule has 0 saturated heterocycles. The molecule has 1 N–H and O–H groups in total. The lowest BCUT2D eigenvalue weighted by Crippen LogP contribution is -2.40. The molecule has 0 fully saturated rings. The fourth-order valence-corrected chi connectivity index (χ4v) is 3.97. The highest BCUT2D eigenvalue weighted by Gasteiger charge is 2.31. The number of esters is 1. The maximum atomic E-state index is 12.2. The molecule has 2 aromatic rings. The van der Waals surface area contributed by atoms with Gasteiger partial charge in [-0.2, -0.15) is 0 Å². The van der Waals surface area contributed by atoms with Crippen LogP contribution in [-0.4, -0.2) is 57.0 Å². The molecule has 162 valence electrons. The van der Waals surface area contributed by atoms with Crippen LogP contribution in [0.5, 0.6) is 23.0 Å². The second-order valence-electron chi connectivity index (χ2n) is 7.16. The average Bonchev–Trinajstić information content (AvgIpc) is 2.75. The Balaban J connectivity index is 1.97. The molecule has 0 spiro atoms. The van der Waals surface area contributed by atoms with Crippen molar-refractivity contribution >= 4 is 5.97 Å². The molecule has 0 saturated carbocycles. The van der Waals surface area contributed by atoms with Crippen LogP contribution >= 0.6 is 0 Å². The van der Waals surface area contributed by atoms with Gasteiger partial charge < -0.3 is 24.1 Å². The fraction of sp³-hybridized carbons (Fsp3) is 0.435. The van der Waals surface area contributed by atoms with Crippen LogP contribution in [0, 0.1) is 0 Å². The highest BCUT2D eigenvalue weighted by molar-refractivity contribution is 5.71. The number of hydrogen-bond acceptors (Lipinski definition) is 7. The molecule has 0 bridgehead atoms. The molecule has 0 aromatic heterocycles. The molecule has 7 nitrogen and oxygen atoms in total. The number of carbonyl (C=O) groups is 1. The number of aromatic hydroxyl groups is 1. The number of ether oxygens (including phenoxy) is 4. The third-order valence-corrected chi connectivity index (χ3v) is 5.42. The van der Waals surface area contributed by atoms with E-state index in [-0.39, 0.29) is 24.3 Å². The molecule has 0 radical (unpaired) electrons. The average molecular weight is 415 g/mol. The molecule has 0 aliphatic carbocycles. The lowest BCUT2D eigenvalue weighted by molar-refractivity contribution is -0.145. The lowest BCUT2D eigenvalue weighted by Gasteiger charge is -2.37. The van der Waals surface area contributed by atoms with E-state index in [9.17, 15) is 9.90 Å². The van der Waals surface area contributed by atoms with Gasteiger partial charge in [-0.25, -0.2) is 0 Å². The summed E-state index contributed by atoms with van der Waals surface area (Å²) in [5, 5.41) is 10.4. The van der Waals surface area contributed by atoms with Crippen molar-refractivity contribution in [2.75, 3.05) is 41.0 Å². The number of phenols is 1. The number of fused-ring (bicyclic) bond motifs is 1. The Hall–Kier alpha value is -2.93. The van der Waals surface area contributed by atoms with Crippen LogP contribution in [0.4, 0.5) is 0 Å². The summed E-state index contributed by atoms with van der Waals surface area (Å²) in [6.07, 6.45) is 1.40. The predicted octanol–water partition coefficient (Wildman–Crippen LogP) is 3.12. The molecule has 1 atom stereocenters. The monoisotopic (exact) mass is 415 g/mol. The van der Waals surface area contributed by atoms with E-state index in [1.54, 1.807) is 34.3 Å². The van der Waals surface area contributed by atoms with Crippen LogP contribution in [0.3, 0.4) is 0 Å². The third kappa shape index (κ3) is 4.62. The van der Waals surface area contributed by atoms with Crippen molar-refractivity contribution in [3.05, 3.63) is 47.0 Å². The van der Waals surface area contributed by atoms with E-state index in [4.69, 9.17) is 18.9 Å². The van der Waals surface area contributed by atoms with E-state index < -0.39 is 0 Å². The van der Waals surface area contributed by atoms with Gasteiger partial charge in [0, 0.05) is 12.6 Å². The molecule has 0 amide bonds. The largest absolute Gasteiger partial charge is 0.504 e. The standard InChI is InChI=1S/C23H29NO6/c1-5-30-23(26)14-24-9-8-16-12-21(28-3)19(25)13-17(16)18(24)10-15-6-7-20(27-2)22(11-15)29-4/h6-7,11-13,18,25H,5,8-10,14H2,1-4H3. The van der Waals surface area contributed by atoms with Crippen molar-refractivity contribution in [3.63, 3.8) is 0 Å². The summed E-state index contributed by atoms with van der Waals surface area (Å²) in [4.78, 5) is 14.3. The Morgan fingerprint density at radius 3 is 2.47 bits per heavy atom. The van der Waals surface area contributed by atoms with Gasteiger partial charge in [0.1, 0.15) is 0 Å². The molecular formula is C23H29NO6. The first-order valence-electron chi connectivity index (χ1n) is 10.0. The first kappa shape index (κ1) is 21.8. The van der Waals surface area contributed by atoms with E-state index >= 15 is 0 Å². The first-order chi connectivity index (χ1) is 14.5. The molecule has 1 unspecified atom stereocenters. The first-order valence-corrected chi connectivity index (χ1v) is 10.0. The molecule has 2 aromatic carbocycles. The van der Waals surface area contributed by atoms with Crippen LogP contribution < -0.4 is 14.2 Å². The number of rotatable bonds is 8. The lowest BCUT2D eigenvalue weighted by atomic mass is 9.88. The van der Waals surface area contributed by atoms with E-state index in [2.05, 4.69) is 4.90 Å². The van der Waals surface area contributed by atoms with Crippen molar-refractivity contribution in [3.8, 4) is 23.0 Å². The molecular weight excluding hydrogens is 386 g/mol. The van der Waals surface area contributed by atoms with Gasteiger partial charge in [-0.15, -0.1) is 0 Å². The maximum Gasteiger partial charge on any atom is 0.320 e. The second kappa shape index (κ2) is 9.71. The Morgan fingerprint density at radius 2 is 1.80 bits per heavy atom. The number of carbonyl (C=O) groups excluding carboxylic acids is 1. The maximum absolute atomic E-state index is 12.2. The van der Waals surface area contributed by atoms with Crippen LogP contribution in [0.1, 0.15) is 29.7 Å². The number of benzene rings is 2. The van der Waals surface area contributed by atoms with Crippen molar-refractivity contribution in [2.45, 2.75) is 25.8 Å². The Kier molecular flexibility index (Phi) is 7.05. The molecule has 7 heteroatoms. The van der Waals surface area contributed by atoms with Gasteiger partial charge in [0.05, 0.1) is 34.5 Å². The summed E-state index contributed by atoms with van der Waals surface area (Å²) in [6.45, 7) is 3.05. The zero-order valence-electron chi connectivity index (χ0n) is 17.9. The Labute approximate surface area is 177 Å². The summed E-state index contributed by atoms with van der Waals surface area (Å²) in [5.41, 5.74) is 3.13. The van der Waals surface area contributed by atoms with Crippen molar-refractivity contribution < 1.29 is 28.8 Å². The fourth-order valence-electron chi connectivity index (χ4n) is 3.97. The molecule has 1 aliphatic rings. The van der Waals surface area contributed by atoms with E-state index in [1.165, 1.54) is 0 Å². The molecule has 30 heavy (non-hydrogen) atoms. The van der Waals surface area contributed by atoms with Crippen molar-refractivity contribution in [2.24, 2.45) is 0 Å². The third-order valence-electron chi connectivity index (χ3n) is 5.42. The summed E-state index contributed by atoms with van der Waals surface area (Å²) in [6, 6.07) is 9.33. The number of hydrogen-bond donors (Lipinski definition) is 1. The smallest absolute Gasteiger partial charge is 0.320 e. The van der Waals surface area contributed by atoms with Gasteiger partial charge in [-0.3, -0.25) is 9.69 Å². The summed E-state index contributed by atoms with van der Waals surface area (Å²) in [5.74, 6) is 1.61. The minimum atomic E-state index is -0.254. The highest BCUT2D eigenvalue weighted by Crippen LogP contribution is 2.39. The van der Waals surface area contributed by atoms with Gasteiger partial charge >= 0.3 is 5.97 Å². The van der Waals surface area contributed by atoms with Crippen LogP contribution in [0.25, 0.3) is 0 Å². The number of phenolic OH excluding ortho intramolecular Hbond substituents is 1. The minimum absolute atomic E-state index is 0.0894. The second-order valence-corrected chi connectivity index (χ2v) is 7.16. The van der Waals surface area contributed by atoms with Crippen LogP contribution in [-0.2, 0) is 22.4 Å². The summed E-state index contributed by atoms with van der Waals surface area (Å²) in [7, 11) is 4.75. The van der Waals surface area contributed by atoms with Gasteiger partial charge in [0.25, 0.3) is 0 Å². The van der Waals surface area contributed by atoms with Crippen molar-refractivity contribution in [1.29, 1.82) is 0 Å². The van der Waals surface area contributed by atoms with E-state index in [0.717, 1.165) is 23.1 Å². The molecule has 3 rings (SSSR count). The highest BCUT2D eigenvalue weighted by atomic mass is 16.5.